The number of aromatic amines is 1. The van der Waals surface area contributed by atoms with Crippen molar-refractivity contribution in [1.29, 1.82) is 0 Å². The van der Waals surface area contributed by atoms with Crippen LogP contribution in [0.5, 0.6) is 0 Å². The number of nitrogens with zero attached hydrogens (tertiary/aromatic N) is 8. The average Bonchev–Trinajstić information content (AvgIpc) is 3.79. The van der Waals surface area contributed by atoms with Crippen molar-refractivity contribution in [1.82, 2.24) is 44.1 Å². The Morgan fingerprint density at radius 3 is 2.54 bits per heavy atom. The van der Waals surface area contributed by atoms with Crippen molar-refractivity contribution in [2.24, 2.45) is 5.16 Å². The summed E-state index contributed by atoms with van der Waals surface area (Å²) >= 11 is 0. The maximum Gasteiger partial charge on any atom is 0.479 e. The van der Waals surface area contributed by atoms with Crippen LogP contribution in [0.25, 0.3) is 22.3 Å². The van der Waals surface area contributed by atoms with Crippen molar-refractivity contribution < 1.29 is 50.8 Å². The predicted molar refractivity (Wildman–Crippen MR) is 158 cm³/mol. The number of nitrogens with two attached hydrogens (primary N) is 2. The topological polar surface area (TPSA) is 303 Å². The molecule has 3 aliphatic rings. The van der Waals surface area contributed by atoms with Gasteiger partial charge in [-0.1, -0.05) is 5.16 Å². The summed E-state index contributed by atoms with van der Waals surface area (Å²) in [5, 5.41) is 5.78. The van der Waals surface area contributed by atoms with Gasteiger partial charge in [0.25, 0.3) is 5.56 Å². The Morgan fingerprint density at radius 2 is 1.79 bits per heavy atom. The second-order valence-corrected chi connectivity index (χ2v) is 13.7. The van der Waals surface area contributed by atoms with Crippen LogP contribution in [0.3, 0.4) is 0 Å². The molecule has 10 atom stereocenters. The van der Waals surface area contributed by atoms with E-state index in [2.05, 4.69) is 46.9 Å². The van der Waals surface area contributed by atoms with E-state index in [0.29, 0.717) is 0 Å². The molecule has 0 aromatic carbocycles. The van der Waals surface area contributed by atoms with Gasteiger partial charge in [0.2, 0.25) is 5.95 Å². The van der Waals surface area contributed by atoms with Crippen LogP contribution in [0.15, 0.2) is 28.9 Å². The van der Waals surface area contributed by atoms with Gasteiger partial charge in [-0.25, -0.2) is 38.5 Å². The highest BCUT2D eigenvalue weighted by molar-refractivity contribution is 7.51. The molecular weight excluding hydrogens is 689 g/mol. The van der Waals surface area contributed by atoms with Crippen molar-refractivity contribution >= 4 is 56.4 Å². The predicted octanol–water partition coefficient (Wildman–Crippen LogP) is -0.497. The number of nitrogen functional groups attached to an aromatic ring is 2. The lowest BCUT2D eigenvalue weighted by Crippen LogP contribution is -2.39. The normalized spacial score (nSPS) is 35.9. The van der Waals surface area contributed by atoms with Crippen LogP contribution in [-0.4, -0.2) is 108 Å². The zero-order valence-electron chi connectivity index (χ0n) is 24.5. The van der Waals surface area contributed by atoms with E-state index in [0.717, 1.165) is 6.33 Å². The summed E-state index contributed by atoms with van der Waals surface area (Å²) in [6, 6.07) is 0. The molecule has 3 aliphatic heterocycles. The molecule has 4 aromatic heterocycles. The van der Waals surface area contributed by atoms with E-state index >= 15 is 4.39 Å². The van der Waals surface area contributed by atoms with E-state index in [9.17, 15) is 18.8 Å². The third-order valence-electron chi connectivity index (χ3n) is 7.78. The molecule has 0 saturated carbocycles. The molecule has 4 aromatic rings. The van der Waals surface area contributed by atoms with Crippen LogP contribution in [0, 0.1) is 0 Å². The number of anilines is 2. The molecule has 0 aliphatic carbocycles. The minimum absolute atomic E-state index is 0.0207. The summed E-state index contributed by atoms with van der Waals surface area (Å²) < 4.78 is 85.1. The highest BCUT2D eigenvalue weighted by Gasteiger charge is 2.55. The molecule has 3 fully saturated rings. The number of ether oxygens (including phenoxy) is 3. The first-order valence-corrected chi connectivity index (χ1v) is 16.9. The first-order valence-electron chi connectivity index (χ1n) is 13.9. The van der Waals surface area contributed by atoms with Crippen LogP contribution in [-0.2, 0) is 41.5 Å². The Hall–Kier alpha value is -3.96. The van der Waals surface area contributed by atoms with Crippen LogP contribution >= 0.6 is 15.6 Å². The molecule has 7 N–H and O–H groups in total. The lowest BCUT2D eigenvalue weighted by Gasteiger charge is -2.27. The van der Waals surface area contributed by atoms with Gasteiger partial charge in [-0.15, -0.1) is 0 Å². The van der Waals surface area contributed by atoms with Crippen molar-refractivity contribution in [3.8, 4) is 0 Å². The summed E-state index contributed by atoms with van der Waals surface area (Å²) in [4.78, 5) is 45.7. The van der Waals surface area contributed by atoms with Crippen LogP contribution in [0.1, 0.15) is 12.5 Å². The van der Waals surface area contributed by atoms with Gasteiger partial charge in [-0.3, -0.25) is 32.5 Å². The van der Waals surface area contributed by atoms with E-state index in [-0.39, 0.29) is 34.1 Å². The van der Waals surface area contributed by atoms with E-state index in [4.69, 9.17) is 43.9 Å². The van der Waals surface area contributed by atoms with Gasteiger partial charge < -0.3 is 35.2 Å². The number of rotatable bonds is 5. The molecule has 7 heterocycles. The number of hydrogen-bond acceptors (Lipinski definition) is 18. The Kier molecular flexibility index (Phi) is 8.26. The fourth-order valence-corrected chi connectivity index (χ4v) is 7.96. The average molecular weight is 716 g/mol. The number of H-pyrrole nitrogens is 1. The minimum atomic E-state index is -5.08. The number of methoxy groups -OCH3 is 1. The second-order valence-electron chi connectivity index (χ2n) is 10.6. The maximum atomic E-state index is 16.1. The first-order chi connectivity index (χ1) is 22.9. The molecule has 3 saturated heterocycles. The monoisotopic (exact) mass is 716 g/mol. The lowest BCUT2D eigenvalue weighted by molar-refractivity contribution is -0.0579. The highest BCUT2D eigenvalue weighted by atomic mass is 31.2. The molecule has 26 heteroatoms. The summed E-state index contributed by atoms with van der Waals surface area (Å²) in [5.41, 5.74) is 11.0. The Labute approximate surface area is 266 Å². The molecule has 7 rings (SSSR count). The zero-order valence-corrected chi connectivity index (χ0v) is 26.3. The third kappa shape index (κ3) is 5.64. The van der Waals surface area contributed by atoms with Crippen molar-refractivity contribution in [3.63, 3.8) is 0 Å². The Balaban J connectivity index is 1.25. The van der Waals surface area contributed by atoms with Crippen molar-refractivity contribution in [2.45, 2.75) is 49.1 Å². The van der Waals surface area contributed by atoms with E-state index in [1.807, 2.05) is 0 Å². The second kappa shape index (κ2) is 12.2. The van der Waals surface area contributed by atoms with Gasteiger partial charge in [0.1, 0.15) is 42.4 Å². The molecular formula is C22H27FN12O11P2. The molecule has 48 heavy (non-hydrogen) atoms. The Bertz CT molecular complexity index is 2030. The number of alkyl halides is 1. The number of fused-ring (bicyclic) bond motifs is 5. The quantitative estimate of drug-likeness (QED) is 0.0987. The van der Waals surface area contributed by atoms with Crippen molar-refractivity contribution in [2.75, 3.05) is 31.7 Å². The standard InChI is InChI=1S/C22H27FN12O11P2/c1-26-46-47(37)31-3-8-13(10(23)20(42-8)34-6-29-11-16(24)27-5-28-17(11)34)45-48(38,39)41-4-9-14(40-2)15(44-47)21(43-9)35-7-30-12-18(35)32-22(25)33-19(12)36/h5-10,13-15,20-21H,1,3-4H2,2H3,(H,31,37)(H,38,39)(H2,24,27,28)(H3,25,32,33,36). The number of hydrogen-bond donors (Lipinski definition) is 5. The number of aromatic nitrogens is 8. The number of phosphoric acid groups is 1. The zero-order chi connectivity index (χ0) is 34.0. The fraction of sp³-hybridized carbons (Fsp3) is 0.500. The molecule has 10 unspecified atom stereocenters. The van der Waals surface area contributed by atoms with Crippen LogP contribution in [0.4, 0.5) is 16.2 Å². The van der Waals surface area contributed by atoms with Crippen LogP contribution < -0.4 is 22.1 Å². The lowest BCUT2D eigenvalue weighted by atomic mass is 10.1. The number of imidazole rings is 2. The van der Waals surface area contributed by atoms with Crippen molar-refractivity contribution in [3.05, 3.63) is 29.3 Å². The van der Waals surface area contributed by atoms with Crippen LogP contribution in [0.2, 0.25) is 0 Å². The SMILES string of the molecule is C=NOP1(=O)NCC2OC(n3cnc4c(N)ncnc43)C(F)C2OP(=O)(O)OCC2OC(n3cnc4c(=O)[nH]c(N)nc43)C(O1)C2OC. The van der Waals surface area contributed by atoms with E-state index < -0.39 is 83.4 Å². The molecule has 258 valence electrons. The summed E-state index contributed by atoms with van der Waals surface area (Å²) in [6.07, 6.45) is -8.51. The van der Waals surface area contributed by atoms with Gasteiger partial charge in [0, 0.05) is 20.4 Å². The largest absolute Gasteiger partial charge is 0.479 e. The molecule has 0 radical (unpaired) electrons. The summed E-state index contributed by atoms with van der Waals surface area (Å²) in [6.45, 7) is 1.95. The minimum Gasteiger partial charge on any atom is -0.382 e. The molecule has 2 bridgehead atoms. The Morgan fingerprint density at radius 1 is 1.06 bits per heavy atom. The molecule has 0 amide bonds. The highest BCUT2D eigenvalue weighted by Crippen LogP contribution is 2.54. The summed E-state index contributed by atoms with van der Waals surface area (Å²) in [5.74, 6) is -0.220. The maximum absolute atomic E-state index is 16.1. The van der Waals surface area contributed by atoms with Gasteiger partial charge in [-0.2, -0.15) is 4.98 Å². The number of nitrogens with one attached hydrogen (secondary N) is 2. The third-order valence-corrected chi connectivity index (χ3v) is 10.2. The van der Waals surface area contributed by atoms with E-state index in [1.54, 1.807) is 0 Å². The fourth-order valence-electron chi connectivity index (χ4n) is 5.73. The summed E-state index contributed by atoms with van der Waals surface area (Å²) in [7, 11) is -8.42. The molecule has 0 spiro atoms. The van der Waals surface area contributed by atoms with Gasteiger partial charge in [0.15, 0.2) is 41.3 Å². The molecule has 23 nitrogen and oxygen atoms in total. The smallest absolute Gasteiger partial charge is 0.382 e. The number of phosphoric ester groups is 1. The number of oxime groups is 1. The van der Waals surface area contributed by atoms with Gasteiger partial charge in [-0.05, 0) is 0 Å². The van der Waals surface area contributed by atoms with E-state index in [1.165, 1.54) is 28.9 Å². The first kappa shape index (κ1) is 32.6. The van der Waals surface area contributed by atoms with Gasteiger partial charge in [0.05, 0.1) is 19.3 Å². The number of halogens is 1. The van der Waals surface area contributed by atoms with Gasteiger partial charge >= 0.3 is 15.6 Å².